The molecule has 1 aromatic heterocycles. The normalized spacial score (nSPS) is 11.2. The minimum Gasteiger partial charge on any atom is -0.508 e. The number of thiophene rings is 1. The van der Waals surface area contributed by atoms with Crippen LogP contribution >= 0.6 is 11.3 Å². The van der Waals surface area contributed by atoms with Gasteiger partial charge >= 0.3 is 0 Å². The fourth-order valence-corrected chi connectivity index (χ4v) is 3.61. The summed E-state index contributed by atoms with van der Waals surface area (Å²) in [6.45, 7) is 5.61. The second-order valence-corrected chi connectivity index (χ2v) is 7.83. The van der Waals surface area contributed by atoms with Gasteiger partial charge in [-0.05, 0) is 56.2 Å². The minimum absolute atomic E-state index is 0.0755. The van der Waals surface area contributed by atoms with Gasteiger partial charge in [-0.1, -0.05) is 12.1 Å². The van der Waals surface area contributed by atoms with Gasteiger partial charge in [0.05, 0.1) is 11.3 Å². The molecule has 1 heterocycles. The van der Waals surface area contributed by atoms with E-state index in [4.69, 9.17) is 0 Å². The van der Waals surface area contributed by atoms with E-state index < -0.39 is 5.91 Å². The summed E-state index contributed by atoms with van der Waals surface area (Å²) in [5, 5.41) is 27.8. The topological polar surface area (TPSA) is 111 Å². The van der Waals surface area contributed by atoms with Crippen LogP contribution in [0.4, 0.5) is 5.69 Å². The Kier molecular flexibility index (Phi) is 6.17. The lowest BCUT2D eigenvalue weighted by atomic mass is 10.1. The van der Waals surface area contributed by atoms with Crippen LogP contribution < -0.4 is 10.7 Å². The highest BCUT2D eigenvalue weighted by atomic mass is 32.1. The van der Waals surface area contributed by atoms with Gasteiger partial charge in [-0.15, -0.1) is 11.3 Å². The maximum Gasteiger partial charge on any atom is 0.271 e. The van der Waals surface area contributed by atoms with Crippen molar-refractivity contribution in [1.82, 2.24) is 5.43 Å². The number of aromatic hydroxyl groups is 2. The molecule has 154 valence electrons. The van der Waals surface area contributed by atoms with Crippen LogP contribution in [0.5, 0.6) is 11.5 Å². The van der Waals surface area contributed by atoms with E-state index in [0.29, 0.717) is 22.5 Å². The average molecular weight is 423 g/mol. The molecule has 2 aromatic carbocycles. The maximum atomic E-state index is 12.5. The summed E-state index contributed by atoms with van der Waals surface area (Å²) < 4.78 is 0. The van der Waals surface area contributed by atoms with Crippen LogP contribution in [0, 0.1) is 13.8 Å². The molecule has 3 aromatic rings. The van der Waals surface area contributed by atoms with E-state index in [1.807, 2.05) is 19.2 Å². The summed E-state index contributed by atoms with van der Waals surface area (Å²) in [6, 6.07) is 10.7. The monoisotopic (exact) mass is 423 g/mol. The van der Waals surface area contributed by atoms with Gasteiger partial charge in [0, 0.05) is 27.6 Å². The first-order chi connectivity index (χ1) is 14.2. The first kappa shape index (κ1) is 21.1. The van der Waals surface area contributed by atoms with Gasteiger partial charge in [0.25, 0.3) is 11.8 Å². The van der Waals surface area contributed by atoms with E-state index in [9.17, 15) is 19.8 Å². The number of phenolic OH excluding ortho intramolecular Hbond substituents is 2. The Hall–Kier alpha value is -3.65. The number of carbonyl (C=O) groups excluding carboxylic acids is 2. The lowest BCUT2D eigenvalue weighted by Gasteiger charge is -2.08. The predicted octanol–water partition coefficient (Wildman–Crippen LogP) is 4.18. The van der Waals surface area contributed by atoms with Crippen molar-refractivity contribution < 1.29 is 19.8 Å². The molecule has 0 aliphatic rings. The van der Waals surface area contributed by atoms with E-state index in [1.165, 1.54) is 23.5 Å². The van der Waals surface area contributed by atoms with Gasteiger partial charge in [0.15, 0.2) is 0 Å². The number of hydrazone groups is 1. The van der Waals surface area contributed by atoms with Crippen molar-refractivity contribution in [2.45, 2.75) is 20.8 Å². The number of benzene rings is 2. The minimum atomic E-state index is -0.576. The third kappa shape index (κ3) is 4.84. The molecule has 2 amide bonds. The summed E-state index contributed by atoms with van der Waals surface area (Å²) in [4.78, 5) is 25.8. The van der Waals surface area contributed by atoms with E-state index in [2.05, 4.69) is 15.8 Å². The predicted molar refractivity (Wildman–Crippen MR) is 118 cm³/mol. The number of phenols is 2. The van der Waals surface area contributed by atoms with Crippen LogP contribution in [0.25, 0.3) is 0 Å². The van der Waals surface area contributed by atoms with Crippen molar-refractivity contribution in [1.29, 1.82) is 0 Å². The van der Waals surface area contributed by atoms with Gasteiger partial charge in [0.1, 0.15) is 11.5 Å². The van der Waals surface area contributed by atoms with Crippen molar-refractivity contribution in [2.24, 2.45) is 5.10 Å². The SMILES string of the molecule is CC(=NNC(=O)c1cc(O)cc(O)c1)c1cccc(NC(=O)c2csc(C)c2C)c1. The summed E-state index contributed by atoms with van der Waals surface area (Å²) in [5.41, 5.74) is 5.92. The molecule has 0 saturated heterocycles. The number of amides is 2. The first-order valence-electron chi connectivity index (χ1n) is 9.08. The summed E-state index contributed by atoms with van der Waals surface area (Å²) >= 11 is 1.54. The van der Waals surface area contributed by atoms with Crippen LogP contribution in [-0.2, 0) is 0 Å². The Balaban J connectivity index is 1.72. The first-order valence-corrected chi connectivity index (χ1v) is 9.96. The zero-order chi connectivity index (χ0) is 21.8. The molecular formula is C22H21N3O4S. The second-order valence-electron chi connectivity index (χ2n) is 6.74. The number of nitrogens with zero attached hydrogens (tertiary/aromatic N) is 1. The Morgan fingerprint density at radius 1 is 0.967 bits per heavy atom. The molecule has 3 rings (SSSR count). The number of nitrogens with one attached hydrogen (secondary N) is 2. The molecule has 0 fully saturated rings. The second kappa shape index (κ2) is 8.79. The highest BCUT2D eigenvalue weighted by molar-refractivity contribution is 7.10. The number of rotatable bonds is 5. The highest BCUT2D eigenvalue weighted by Gasteiger charge is 2.13. The third-order valence-electron chi connectivity index (χ3n) is 4.56. The quantitative estimate of drug-likeness (QED) is 0.364. The summed E-state index contributed by atoms with van der Waals surface area (Å²) in [7, 11) is 0. The Bertz CT molecular complexity index is 1130. The van der Waals surface area contributed by atoms with Crippen molar-refractivity contribution in [3.63, 3.8) is 0 Å². The fraction of sp³-hybridized carbons (Fsp3) is 0.136. The molecule has 7 nitrogen and oxygen atoms in total. The molecule has 30 heavy (non-hydrogen) atoms. The lowest BCUT2D eigenvalue weighted by molar-refractivity contribution is 0.0953. The molecule has 0 aliphatic carbocycles. The Morgan fingerprint density at radius 2 is 1.67 bits per heavy atom. The van der Waals surface area contributed by atoms with Gasteiger partial charge in [-0.2, -0.15) is 5.10 Å². The van der Waals surface area contributed by atoms with Crippen molar-refractivity contribution in [2.75, 3.05) is 5.32 Å². The zero-order valence-electron chi connectivity index (χ0n) is 16.7. The van der Waals surface area contributed by atoms with Crippen LogP contribution in [0.2, 0.25) is 0 Å². The van der Waals surface area contributed by atoms with Crippen LogP contribution in [-0.4, -0.2) is 27.7 Å². The van der Waals surface area contributed by atoms with Gasteiger partial charge in [-0.3, -0.25) is 9.59 Å². The zero-order valence-corrected chi connectivity index (χ0v) is 17.5. The third-order valence-corrected chi connectivity index (χ3v) is 5.57. The van der Waals surface area contributed by atoms with Crippen LogP contribution in [0.3, 0.4) is 0 Å². The number of hydrogen-bond donors (Lipinski definition) is 4. The summed E-state index contributed by atoms with van der Waals surface area (Å²) in [6.07, 6.45) is 0. The van der Waals surface area contributed by atoms with Crippen LogP contribution in [0.1, 0.15) is 43.6 Å². The maximum absolute atomic E-state index is 12.5. The molecule has 4 N–H and O–H groups in total. The molecule has 0 aliphatic heterocycles. The largest absolute Gasteiger partial charge is 0.508 e. The Morgan fingerprint density at radius 3 is 2.30 bits per heavy atom. The van der Waals surface area contributed by atoms with Gasteiger partial charge < -0.3 is 15.5 Å². The molecule has 0 bridgehead atoms. The molecule has 0 saturated carbocycles. The smallest absolute Gasteiger partial charge is 0.271 e. The van der Waals surface area contributed by atoms with Crippen LogP contribution in [0.15, 0.2) is 52.9 Å². The standard InChI is InChI=1S/C22H21N3O4S/c1-12-14(3)30-11-20(12)22(29)23-17-6-4-5-15(7-17)13(2)24-25-21(28)16-8-18(26)10-19(27)9-16/h4-11,26-27H,1-3H3,(H,23,29)(H,25,28). The molecule has 0 unspecified atom stereocenters. The van der Waals surface area contributed by atoms with Gasteiger partial charge in [0.2, 0.25) is 0 Å². The lowest BCUT2D eigenvalue weighted by Crippen LogP contribution is -2.19. The molecular weight excluding hydrogens is 402 g/mol. The summed E-state index contributed by atoms with van der Waals surface area (Å²) in [5.74, 6) is -1.20. The molecule has 8 heteroatoms. The van der Waals surface area contributed by atoms with E-state index >= 15 is 0 Å². The highest BCUT2D eigenvalue weighted by Crippen LogP contribution is 2.22. The molecule has 0 radical (unpaired) electrons. The van der Waals surface area contributed by atoms with Crippen molar-refractivity contribution >= 4 is 34.6 Å². The van der Waals surface area contributed by atoms with E-state index in [-0.39, 0.29) is 23.0 Å². The molecule has 0 atom stereocenters. The Labute approximate surface area is 177 Å². The van der Waals surface area contributed by atoms with Gasteiger partial charge in [-0.25, -0.2) is 5.43 Å². The number of anilines is 1. The fourth-order valence-electron chi connectivity index (χ4n) is 2.75. The number of aryl methyl sites for hydroxylation is 1. The number of carbonyl (C=O) groups is 2. The van der Waals surface area contributed by atoms with E-state index in [0.717, 1.165) is 16.5 Å². The van der Waals surface area contributed by atoms with Crippen molar-refractivity contribution in [3.8, 4) is 11.5 Å². The number of hydrogen-bond acceptors (Lipinski definition) is 6. The van der Waals surface area contributed by atoms with E-state index in [1.54, 1.807) is 31.2 Å². The molecule has 0 spiro atoms. The average Bonchev–Trinajstić information content (AvgIpc) is 3.04. The van der Waals surface area contributed by atoms with Crippen molar-refractivity contribution in [3.05, 3.63) is 75.0 Å².